The molecule has 1 aliphatic carbocycles. The maximum Gasteiger partial charge on any atom is 0.187 e. The Balaban J connectivity index is 2.84. The highest BCUT2D eigenvalue weighted by molar-refractivity contribution is 5.96. The standard InChI is InChI=1S/C10H12O2/c1-3-9(11)10(2,12)8-6-4-5-7-8/h3-8,12H,1H2,2H3. The van der Waals surface area contributed by atoms with Gasteiger partial charge in [-0.25, -0.2) is 0 Å². The summed E-state index contributed by atoms with van der Waals surface area (Å²) in [6.45, 7) is 4.84. The van der Waals surface area contributed by atoms with Crippen molar-refractivity contribution in [3.63, 3.8) is 0 Å². The first kappa shape index (κ1) is 8.94. The average molecular weight is 164 g/mol. The van der Waals surface area contributed by atoms with Gasteiger partial charge in [0.2, 0.25) is 0 Å². The second kappa shape index (κ2) is 3.07. The quantitative estimate of drug-likeness (QED) is 0.637. The van der Waals surface area contributed by atoms with Crippen LogP contribution in [0.1, 0.15) is 6.92 Å². The second-order valence-corrected chi connectivity index (χ2v) is 3.01. The van der Waals surface area contributed by atoms with Gasteiger partial charge in [0.15, 0.2) is 5.78 Å². The van der Waals surface area contributed by atoms with Crippen LogP contribution < -0.4 is 0 Å². The Morgan fingerprint density at radius 2 is 2.08 bits per heavy atom. The maximum absolute atomic E-state index is 11.2. The lowest BCUT2D eigenvalue weighted by atomic mass is 9.86. The smallest absolute Gasteiger partial charge is 0.187 e. The number of ketones is 1. The van der Waals surface area contributed by atoms with Crippen molar-refractivity contribution in [2.75, 3.05) is 0 Å². The molecule has 1 atom stereocenters. The molecular weight excluding hydrogens is 152 g/mol. The number of aliphatic hydroxyl groups is 1. The Morgan fingerprint density at radius 3 is 2.50 bits per heavy atom. The van der Waals surface area contributed by atoms with Crippen LogP contribution in [-0.4, -0.2) is 16.5 Å². The Labute approximate surface area is 71.9 Å². The van der Waals surface area contributed by atoms with E-state index in [1.807, 2.05) is 12.2 Å². The Bertz CT molecular complexity index is 247. The van der Waals surface area contributed by atoms with Crippen molar-refractivity contribution in [1.29, 1.82) is 0 Å². The van der Waals surface area contributed by atoms with Crippen molar-refractivity contribution in [1.82, 2.24) is 0 Å². The molecule has 0 saturated carbocycles. The first-order chi connectivity index (χ1) is 5.59. The minimum atomic E-state index is -1.34. The van der Waals surface area contributed by atoms with Gasteiger partial charge in [-0.3, -0.25) is 4.79 Å². The molecule has 0 aromatic rings. The minimum absolute atomic E-state index is 0.219. The summed E-state index contributed by atoms with van der Waals surface area (Å²) >= 11 is 0. The zero-order chi connectivity index (χ0) is 9.19. The summed E-state index contributed by atoms with van der Waals surface area (Å²) in [5.41, 5.74) is -1.34. The molecule has 0 aliphatic heterocycles. The van der Waals surface area contributed by atoms with Crippen LogP contribution >= 0.6 is 0 Å². The van der Waals surface area contributed by atoms with Gasteiger partial charge in [-0.15, -0.1) is 0 Å². The predicted octanol–water partition coefficient (Wildman–Crippen LogP) is 1.23. The molecule has 0 spiro atoms. The summed E-state index contributed by atoms with van der Waals surface area (Å²) in [6.07, 6.45) is 8.37. The summed E-state index contributed by atoms with van der Waals surface area (Å²) < 4.78 is 0. The summed E-state index contributed by atoms with van der Waals surface area (Å²) in [6, 6.07) is 0. The van der Waals surface area contributed by atoms with Crippen LogP contribution in [-0.2, 0) is 4.79 Å². The lowest BCUT2D eigenvalue weighted by molar-refractivity contribution is -0.132. The molecule has 1 unspecified atom stereocenters. The molecule has 0 bridgehead atoms. The highest BCUT2D eigenvalue weighted by Gasteiger charge is 2.34. The lowest BCUT2D eigenvalue weighted by Gasteiger charge is -2.24. The fourth-order valence-electron chi connectivity index (χ4n) is 1.18. The predicted molar refractivity (Wildman–Crippen MR) is 47.6 cm³/mol. The molecule has 12 heavy (non-hydrogen) atoms. The molecule has 2 heteroatoms. The fourth-order valence-corrected chi connectivity index (χ4v) is 1.18. The van der Waals surface area contributed by atoms with Crippen molar-refractivity contribution >= 4 is 5.78 Å². The molecular formula is C10H12O2. The fraction of sp³-hybridized carbons (Fsp3) is 0.300. The van der Waals surface area contributed by atoms with Crippen molar-refractivity contribution in [2.45, 2.75) is 12.5 Å². The van der Waals surface area contributed by atoms with E-state index in [4.69, 9.17) is 0 Å². The normalized spacial score (nSPS) is 20.8. The zero-order valence-corrected chi connectivity index (χ0v) is 7.03. The van der Waals surface area contributed by atoms with Gasteiger partial charge in [-0.2, -0.15) is 0 Å². The number of carbonyl (C=O) groups excluding carboxylic acids is 1. The minimum Gasteiger partial charge on any atom is -0.381 e. The molecule has 2 nitrogen and oxygen atoms in total. The molecule has 0 amide bonds. The van der Waals surface area contributed by atoms with E-state index in [9.17, 15) is 9.90 Å². The zero-order valence-electron chi connectivity index (χ0n) is 7.03. The van der Waals surface area contributed by atoms with Gasteiger partial charge in [-0.1, -0.05) is 30.9 Å². The van der Waals surface area contributed by atoms with Gasteiger partial charge in [0.25, 0.3) is 0 Å². The van der Waals surface area contributed by atoms with Crippen molar-refractivity contribution in [3.05, 3.63) is 37.0 Å². The Hall–Kier alpha value is -1.15. The van der Waals surface area contributed by atoms with E-state index in [-0.39, 0.29) is 11.7 Å². The highest BCUT2D eigenvalue weighted by atomic mass is 16.3. The highest BCUT2D eigenvalue weighted by Crippen LogP contribution is 2.24. The number of hydrogen-bond donors (Lipinski definition) is 1. The van der Waals surface area contributed by atoms with E-state index in [0.717, 1.165) is 6.08 Å². The lowest BCUT2D eigenvalue weighted by Crippen LogP contribution is -2.39. The van der Waals surface area contributed by atoms with Crippen LogP contribution in [0, 0.1) is 5.92 Å². The van der Waals surface area contributed by atoms with Crippen LogP contribution in [0.5, 0.6) is 0 Å². The Morgan fingerprint density at radius 1 is 1.58 bits per heavy atom. The SMILES string of the molecule is C=CC(=O)C(C)(O)C1C=CC=C1. The van der Waals surface area contributed by atoms with E-state index in [1.54, 1.807) is 12.2 Å². The van der Waals surface area contributed by atoms with E-state index in [0.29, 0.717) is 0 Å². The van der Waals surface area contributed by atoms with Crippen LogP contribution in [0.2, 0.25) is 0 Å². The second-order valence-electron chi connectivity index (χ2n) is 3.01. The monoisotopic (exact) mass is 164 g/mol. The third kappa shape index (κ3) is 1.38. The van der Waals surface area contributed by atoms with E-state index >= 15 is 0 Å². The molecule has 0 aromatic carbocycles. The van der Waals surface area contributed by atoms with Crippen molar-refractivity contribution in [2.24, 2.45) is 5.92 Å². The van der Waals surface area contributed by atoms with Gasteiger partial charge in [-0.05, 0) is 13.0 Å². The van der Waals surface area contributed by atoms with E-state index in [1.165, 1.54) is 6.92 Å². The molecule has 0 fully saturated rings. The number of rotatable bonds is 3. The molecule has 0 heterocycles. The van der Waals surface area contributed by atoms with Crippen LogP contribution in [0.25, 0.3) is 0 Å². The van der Waals surface area contributed by atoms with Gasteiger partial charge >= 0.3 is 0 Å². The topological polar surface area (TPSA) is 37.3 Å². The van der Waals surface area contributed by atoms with Gasteiger partial charge < -0.3 is 5.11 Å². The summed E-state index contributed by atoms with van der Waals surface area (Å²) in [7, 11) is 0. The van der Waals surface area contributed by atoms with E-state index in [2.05, 4.69) is 6.58 Å². The molecule has 1 aliphatic rings. The average Bonchev–Trinajstić information content (AvgIpc) is 2.55. The van der Waals surface area contributed by atoms with Gasteiger partial charge in [0.05, 0.1) is 0 Å². The molecule has 0 aromatic heterocycles. The molecule has 0 saturated heterocycles. The maximum atomic E-state index is 11.2. The number of carbonyl (C=O) groups is 1. The van der Waals surface area contributed by atoms with Gasteiger partial charge in [0, 0.05) is 5.92 Å². The molecule has 0 radical (unpaired) electrons. The largest absolute Gasteiger partial charge is 0.381 e. The first-order valence-electron chi connectivity index (χ1n) is 3.83. The number of allylic oxidation sites excluding steroid dienone is 2. The molecule has 1 rings (SSSR count). The molecule has 64 valence electrons. The summed E-state index contributed by atoms with van der Waals surface area (Å²) in [5, 5.41) is 9.76. The van der Waals surface area contributed by atoms with Crippen molar-refractivity contribution < 1.29 is 9.90 Å². The summed E-state index contributed by atoms with van der Waals surface area (Å²) in [5.74, 6) is -0.563. The Kier molecular flexibility index (Phi) is 2.29. The number of hydrogen-bond acceptors (Lipinski definition) is 2. The first-order valence-corrected chi connectivity index (χ1v) is 3.83. The third-order valence-corrected chi connectivity index (χ3v) is 2.08. The van der Waals surface area contributed by atoms with Gasteiger partial charge in [0.1, 0.15) is 5.60 Å². The van der Waals surface area contributed by atoms with Crippen LogP contribution in [0.4, 0.5) is 0 Å². The van der Waals surface area contributed by atoms with E-state index < -0.39 is 5.60 Å². The molecule has 1 N–H and O–H groups in total. The summed E-state index contributed by atoms with van der Waals surface area (Å²) in [4.78, 5) is 11.2. The third-order valence-electron chi connectivity index (χ3n) is 2.08. The van der Waals surface area contributed by atoms with Crippen LogP contribution in [0.3, 0.4) is 0 Å². The van der Waals surface area contributed by atoms with Crippen LogP contribution in [0.15, 0.2) is 37.0 Å². The van der Waals surface area contributed by atoms with Crippen molar-refractivity contribution in [3.8, 4) is 0 Å².